The van der Waals surface area contributed by atoms with Gasteiger partial charge in [-0.3, -0.25) is 9.35 Å². The molecule has 1 heterocycles. The quantitative estimate of drug-likeness (QED) is 0.0515. The van der Waals surface area contributed by atoms with E-state index in [1.807, 2.05) is 42.5 Å². The predicted molar refractivity (Wildman–Crippen MR) is 182 cm³/mol. The van der Waals surface area contributed by atoms with Crippen LogP contribution in [0.1, 0.15) is 87.4 Å². The summed E-state index contributed by atoms with van der Waals surface area (Å²) in [5.74, 6) is 1.51. The lowest BCUT2D eigenvalue weighted by Gasteiger charge is -2.21. The van der Waals surface area contributed by atoms with Gasteiger partial charge in [-0.05, 0) is 93.4 Å². The zero-order valence-electron chi connectivity index (χ0n) is 26.8. The van der Waals surface area contributed by atoms with Crippen LogP contribution in [0.15, 0.2) is 82.1 Å². The summed E-state index contributed by atoms with van der Waals surface area (Å²) >= 11 is 0. The van der Waals surface area contributed by atoms with Crippen LogP contribution in [0.2, 0.25) is 0 Å². The Morgan fingerprint density at radius 2 is 1.47 bits per heavy atom. The molecule has 8 nitrogen and oxygen atoms in total. The number of ether oxygens (including phenoxy) is 1. The number of fused-ring (bicyclic) bond motifs is 1. The molecule has 0 saturated carbocycles. The summed E-state index contributed by atoms with van der Waals surface area (Å²) in [6, 6.07) is 20.4. The van der Waals surface area contributed by atoms with Crippen LogP contribution < -0.4 is 10.5 Å². The fourth-order valence-electron chi connectivity index (χ4n) is 4.94. The van der Waals surface area contributed by atoms with Crippen molar-refractivity contribution in [1.82, 2.24) is 4.90 Å². The number of benzene rings is 3. The van der Waals surface area contributed by atoms with E-state index in [2.05, 4.69) is 25.7 Å². The molecule has 1 aromatic heterocycles. The van der Waals surface area contributed by atoms with Gasteiger partial charge in [0.15, 0.2) is 5.78 Å². The van der Waals surface area contributed by atoms with Gasteiger partial charge in [0, 0.05) is 29.6 Å². The van der Waals surface area contributed by atoms with E-state index in [0.29, 0.717) is 29.0 Å². The van der Waals surface area contributed by atoms with E-state index in [9.17, 15) is 13.2 Å². The van der Waals surface area contributed by atoms with Crippen molar-refractivity contribution in [1.29, 1.82) is 0 Å². The minimum absolute atomic E-state index is 0.0329. The molecule has 0 aliphatic rings. The minimum atomic E-state index is -4.00. The highest BCUT2D eigenvalue weighted by atomic mass is 32.2. The molecule has 0 amide bonds. The van der Waals surface area contributed by atoms with Crippen LogP contribution in [-0.4, -0.2) is 49.9 Å². The molecule has 0 aliphatic heterocycles. The van der Waals surface area contributed by atoms with Gasteiger partial charge in [0.25, 0.3) is 10.1 Å². The smallest absolute Gasteiger partial charge is 0.294 e. The van der Waals surface area contributed by atoms with Gasteiger partial charge >= 0.3 is 0 Å². The number of unbranched alkanes of at least 4 members (excludes halogenated alkanes) is 3. The number of carbonyl (C=O) groups excluding carboxylic acids is 1. The number of hydrogen-bond donors (Lipinski definition) is 2. The lowest BCUT2D eigenvalue weighted by atomic mass is 9.98. The topological polar surface area (TPSA) is 123 Å². The molecule has 4 rings (SSSR count). The van der Waals surface area contributed by atoms with Gasteiger partial charge in [-0.1, -0.05) is 58.2 Å². The van der Waals surface area contributed by atoms with E-state index < -0.39 is 10.1 Å². The van der Waals surface area contributed by atoms with Gasteiger partial charge in [0.2, 0.25) is 0 Å². The number of carbonyl (C=O) groups is 1. The van der Waals surface area contributed by atoms with Gasteiger partial charge in [-0.2, -0.15) is 8.42 Å². The molecule has 0 unspecified atom stereocenters. The fourth-order valence-corrected chi connectivity index (χ4v) is 5.45. The average molecular weight is 637 g/mol. The fraction of sp³-hybridized carbons (Fsp3) is 0.417. The van der Waals surface area contributed by atoms with Crippen molar-refractivity contribution in [3.05, 3.63) is 89.7 Å². The van der Waals surface area contributed by atoms with Crippen molar-refractivity contribution in [2.45, 2.75) is 77.0 Å². The Morgan fingerprint density at radius 1 is 0.844 bits per heavy atom. The molecule has 4 aromatic rings. The van der Waals surface area contributed by atoms with E-state index in [-0.39, 0.29) is 10.7 Å². The zero-order chi connectivity index (χ0) is 32.7. The van der Waals surface area contributed by atoms with Crippen LogP contribution in [0.4, 0.5) is 5.69 Å². The van der Waals surface area contributed by atoms with Crippen LogP contribution in [-0.2, 0) is 16.5 Å². The number of nitrogens with two attached hydrogens (primary N) is 1. The molecule has 0 fully saturated rings. The zero-order valence-corrected chi connectivity index (χ0v) is 27.7. The number of nitrogen functional groups attached to an aromatic ring is 1. The highest BCUT2D eigenvalue weighted by Crippen LogP contribution is 2.31. The molecule has 0 aliphatic carbocycles. The summed E-state index contributed by atoms with van der Waals surface area (Å²) in [5.41, 5.74) is 8.61. The summed E-state index contributed by atoms with van der Waals surface area (Å²) in [6.07, 6.45) is 8.69. The van der Waals surface area contributed by atoms with Gasteiger partial charge in [-0.15, -0.1) is 0 Å². The highest BCUT2D eigenvalue weighted by molar-refractivity contribution is 7.85. The third kappa shape index (κ3) is 11.3. The van der Waals surface area contributed by atoms with Crippen molar-refractivity contribution in [2.24, 2.45) is 0 Å². The third-order valence-corrected chi connectivity index (χ3v) is 8.34. The summed E-state index contributed by atoms with van der Waals surface area (Å²) in [6.45, 7) is 10.7. The van der Waals surface area contributed by atoms with E-state index in [1.54, 1.807) is 18.2 Å². The first-order valence-corrected chi connectivity index (χ1v) is 17.4. The first-order chi connectivity index (χ1) is 21.7. The number of nitrogens with zero attached hydrogens (tertiary/aromatic N) is 1. The van der Waals surface area contributed by atoms with Crippen molar-refractivity contribution >= 4 is 32.6 Å². The standard InChI is InChI=1S/C30H42N2O3.C6H6O3S/c1-4-7-11-28-29(26-22-24(31)14-17-27(26)35-28)30(33)23-12-15-25(16-13-23)34-21-10-20-32(18-8-5-2)19-9-6-3;7-10(8,9)6-4-2-1-3-5-6/h12-17,22H,4-11,18-21,31H2,1-3H3;1-5H,(H,7,8,9). The van der Waals surface area contributed by atoms with Gasteiger partial charge < -0.3 is 19.8 Å². The van der Waals surface area contributed by atoms with Gasteiger partial charge in [0.1, 0.15) is 17.1 Å². The van der Waals surface area contributed by atoms with E-state index >= 15 is 0 Å². The number of furan rings is 1. The summed E-state index contributed by atoms with van der Waals surface area (Å²) < 4.78 is 41.3. The molecule has 0 atom stereocenters. The second-order valence-electron chi connectivity index (χ2n) is 11.2. The maximum absolute atomic E-state index is 13.5. The van der Waals surface area contributed by atoms with E-state index in [1.165, 1.54) is 50.9 Å². The molecule has 0 bridgehead atoms. The van der Waals surface area contributed by atoms with Crippen molar-refractivity contribution < 1.29 is 26.9 Å². The molecule has 3 N–H and O–H groups in total. The molecule has 0 spiro atoms. The first kappa shape index (κ1) is 35.8. The Morgan fingerprint density at radius 3 is 2.04 bits per heavy atom. The lowest BCUT2D eigenvalue weighted by Crippen LogP contribution is -2.28. The average Bonchev–Trinajstić information content (AvgIpc) is 3.40. The van der Waals surface area contributed by atoms with E-state index in [4.69, 9.17) is 19.4 Å². The predicted octanol–water partition coefficient (Wildman–Crippen LogP) is 8.19. The number of aryl methyl sites for hydroxylation is 1. The number of ketones is 1. The molecule has 45 heavy (non-hydrogen) atoms. The van der Waals surface area contributed by atoms with Crippen LogP contribution >= 0.6 is 0 Å². The normalized spacial score (nSPS) is 11.4. The highest BCUT2D eigenvalue weighted by Gasteiger charge is 2.22. The Hall–Kier alpha value is -3.66. The summed E-state index contributed by atoms with van der Waals surface area (Å²) in [7, 11) is -4.00. The van der Waals surface area contributed by atoms with Crippen molar-refractivity contribution in [2.75, 3.05) is 32.0 Å². The number of anilines is 1. The SMILES string of the molecule is CCCCc1oc2ccc(N)cc2c1C(=O)c1ccc(OCCCN(CCCC)CCCC)cc1.O=S(=O)(O)c1ccccc1. The number of hydrogen-bond acceptors (Lipinski definition) is 7. The molecule has 9 heteroatoms. The van der Waals surface area contributed by atoms with Crippen molar-refractivity contribution in [3.8, 4) is 5.75 Å². The van der Waals surface area contributed by atoms with Crippen molar-refractivity contribution in [3.63, 3.8) is 0 Å². The molecule has 0 radical (unpaired) electrons. The maximum atomic E-state index is 13.5. The van der Waals surface area contributed by atoms with E-state index in [0.717, 1.165) is 49.1 Å². The van der Waals surface area contributed by atoms with Gasteiger partial charge in [-0.25, -0.2) is 0 Å². The number of rotatable bonds is 17. The molecule has 3 aromatic carbocycles. The van der Waals surface area contributed by atoms with Crippen LogP contribution in [0, 0.1) is 0 Å². The Kier molecular flexibility index (Phi) is 14.6. The van der Waals surface area contributed by atoms with Gasteiger partial charge in [0.05, 0.1) is 17.1 Å². The molecular weight excluding hydrogens is 588 g/mol. The largest absolute Gasteiger partial charge is 0.494 e. The van der Waals surface area contributed by atoms with Crippen LogP contribution in [0.5, 0.6) is 5.75 Å². The third-order valence-electron chi connectivity index (χ3n) is 7.47. The second kappa shape index (κ2) is 18.3. The maximum Gasteiger partial charge on any atom is 0.294 e. The monoisotopic (exact) mass is 636 g/mol. The van der Waals surface area contributed by atoms with Crippen LogP contribution in [0.3, 0.4) is 0 Å². The van der Waals surface area contributed by atoms with Crippen LogP contribution in [0.25, 0.3) is 11.0 Å². The molecule has 0 saturated heterocycles. The molecule has 244 valence electrons. The summed E-state index contributed by atoms with van der Waals surface area (Å²) in [5, 5.41) is 0.789. The molecular formula is C36H48N2O6S. The Bertz CT molecular complexity index is 1560. The first-order valence-electron chi connectivity index (χ1n) is 16.0. The summed E-state index contributed by atoms with van der Waals surface area (Å²) in [4.78, 5) is 16.0. The second-order valence-corrected chi connectivity index (χ2v) is 12.6. The lowest BCUT2D eigenvalue weighted by molar-refractivity contribution is 0.103. The Balaban J connectivity index is 0.000000468. The Labute approximate surface area is 268 Å². The minimum Gasteiger partial charge on any atom is -0.494 e.